The van der Waals surface area contributed by atoms with Gasteiger partial charge < -0.3 is 20.0 Å². The maximum Gasteiger partial charge on any atom is 0.326 e. The van der Waals surface area contributed by atoms with Crippen LogP contribution < -0.4 is 0 Å². The van der Waals surface area contributed by atoms with E-state index in [4.69, 9.17) is 5.11 Å². The Morgan fingerprint density at radius 2 is 2.06 bits per heavy atom. The van der Waals surface area contributed by atoms with Crippen molar-refractivity contribution in [2.45, 2.75) is 39.3 Å². The van der Waals surface area contributed by atoms with Gasteiger partial charge in [-0.25, -0.2) is 9.59 Å². The molecule has 0 radical (unpaired) electrons. The number of rotatable bonds is 4. The van der Waals surface area contributed by atoms with Gasteiger partial charge in [0.05, 0.1) is 6.61 Å². The Balaban J connectivity index is 2.84. The van der Waals surface area contributed by atoms with Gasteiger partial charge in [0.25, 0.3) is 0 Å². The van der Waals surface area contributed by atoms with Crippen molar-refractivity contribution in [1.29, 1.82) is 0 Å². The van der Waals surface area contributed by atoms with Crippen LogP contribution in [0.25, 0.3) is 0 Å². The summed E-state index contributed by atoms with van der Waals surface area (Å²) in [5.74, 6) is -0.990. The molecule has 6 heteroatoms. The van der Waals surface area contributed by atoms with E-state index in [0.29, 0.717) is 13.0 Å². The van der Waals surface area contributed by atoms with E-state index < -0.39 is 12.0 Å². The molecule has 1 rings (SSSR count). The fourth-order valence-corrected chi connectivity index (χ4v) is 2.39. The van der Waals surface area contributed by atoms with Crippen LogP contribution in [-0.4, -0.2) is 63.8 Å². The van der Waals surface area contributed by atoms with E-state index in [9.17, 15) is 14.7 Å². The molecule has 1 aliphatic rings. The SMILES string of the molecule is CC1CCN(C(=O)N(CCO)C(C)C)C1C(=O)O. The number of aliphatic carboxylic acids is 1. The van der Waals surface area contributed by atoms with Crippen molar-refractivity contribution in [3.63, 3.8) is 0 Å². The third-order valence-electron chi connectivity index (χ3n) is 3.41. The summed E-state index contributed by atoms with van der Waals surface area (Å²) in [5.41, 5.74) is 0. The van der Waals surface area contributed by atoms with Gasteiger partial charge in [-0.3, -0.25) is 0 Å². The van der Waals surface area contributed by atoms with Gasteiger partial charge >= 0.3 is 12.0 Å². The summed E-state index contributed by atoms with van der Waals surface area (Å²) in [5, 5.41) is 18.2. The first kappa shape index (κ1) is 14.8. The lowest BCUT2D eigenvalue weighted by atomic mass is 10.0. The van der Waals surface area contributed by atoms with Crippen LogP contribution in [-0.2, 0) is 4.79 Å². The Kier molecular flexibility index (Phi) is 4.95. The van der Waals surface area contributed by atoms with Crippen molar-refractivity contribution in [1.82, 2.24) is 9.80 Å². The van der Waals surface area contributed by atoms with Gasteiger partial charge in [0.1, 0.15) is 6.04 Å². The zero-order chi connectivity index (χ0) is 13.9. The van der Waals surface area contributed by atoms with E-state index in [1.54, 1.807) is 0 Å². The highest BCUT2D eigenvalue weighted by atomic mass is 16.4. The van der Waals surface area contributed by atoms with Gasteiger partial charge in [-0.15, -0.1) is 0 Å². The molecule has 2 unspecified atom stereocenters. The Bertz CT molecular complexity index is 319. The average molecular weight is 258 g/mol. The number of aliphatic hydroxyl groups is 1. The molecule has 18 heavy (non-hydrogen) atoms. The first-order valence-electron chi connectivity index (χ1n) is 6.31. The number of carbonyl (C=O) groups excluding carboxylic acids is 1. The number of carboxylic acid groups (broad SMARTS) is 1. The molecule has 1 aliphatic heterocycles. The predicted octanol–water partition coefficient (Wildman–Crippen LogP) is 0.604. The summed E-state index contributed by atoms with van der Waals surface area (Å²) in [6, 6.07) is -1.11. The number of amides is 2. The second-order valence-electron chi connectivity index (χ2n) is 5.04. The number of hydrogen-bond donors (Lipinski definition) is 2. The molecule has 104 valence electrons. The molecule has 0 aliphatic carbocycles. The number of carbonyl (C=O) groups is 2. The molecule has 1 fully saturated rings. The highest BCUT2D eigenvalue weighted by Crippen LogP contribution is 2.25. The number of hydrogen-bond acceptors (Lipinski definition) is 3. The minimum Gasteiger partial charge on any atom is -0.480 e. The Morgan fingerprint density at radius 1 is 1.44 bits per heavy atom. The lowest BCUT2D eigenvalue weighted by Gasteiger charge is -2.33. The molecule has 2 N–H and O–H groups in total. The molecular formula is C12H22N2O4. The fraction of sp³-hybridized carbons (Fsp3) is 0.833. The maximum atomic E-state index is 12.3. The molecule has 1 heterocycles. The van der Waals surface area contributed by atoms with Crippen LogP contribution in [0.15, 0.2) is 0 Å². The van der Waals surface area contributed by atoms with Crippen molar-refractivity contribution in [2.24, 2.45) is 5.92 Å². The first-order valence-corrected chi connectivity index (χ1v) is 6.31. The van der Waals surface area contributed by atoms with Crippen LogP contribution in [0.2, 0.25) is 0 Å². The maximum absolute atomic E-state index is 12.3. The molecule has 0 aromatic rings. The second kappa shape index (κ2) is 6.04. The summed E-state index contributed by atoms with van der Waals surface area (Å²) >= 11 is 0. The highest BCUT2D eigenvalue weighted by molar-refractivity contribution is 5.83. The van der Waals surface area contributed by atoms with Crippen molar-refractivity contribution < 1.29 is 19.8 Å². The summed E-state index contributed by atoms with van der Waals surface area (Å²) in [4.78, 5) is 26.4. The van der Waals surface area contributed by atoms with Crippen LogP contribution in [0.4, 0.5) is 4.79 Å². The minimum atomic E-state index is -0.957. The van der Waals surface area contributed by atoms with Gasteiger partial charge in [0, 0.05) is 19.1 Å². The van der Waals surface area contributed by atoms with Crippen LogP contribution >= 0.6 is 0 Å². The second-order valence-corrected chi connectivity index (χ2v) is 5.04. The fourth-order valence-electron chi connectivity index (χ4n) is 2.39. The zero-order valence-corrected chi connectivity index (χ0v) is 11.2. The van der Waals surface area contributed by atoms with E-state index in [1.807, 2.05) is 20.8 Å². The van der Waals surface area contributed by atoms with Gasteiger partial charge in [-0.1, -0.05) is 6.92 Å². The molecular weight excluding hydrogens is 236 g/mol. The van der Waals surface area contributed by atoms with Crippen molar-refractivity contribution in [3.05, 3.63) is 0 Å². The largest absolute Gasteiger partial charge is 0.480 e. The van der Waals surface area contributed by atoms with Crippen LogP contribution in [0.3, 0.4) is 0 Å². The Morgan fingerprint density at radius 3 is 2.50 bits per heavy atom. The zero-order valence-electron chi connectivity index (χ0n) is 11.2. The van der Waals surface area contributed by atoms with E-state index in [1.165, 1.54) is 9.80 Å². The molecule has 2 amide bonds. The number of urea groups is 1. The monoisotopic (exact) mass is 258 g/mol. The molecule has 6 nitrogen and oxygen atoms in total. The number of aliphatic hydroxyl groups excluding tert-OH is 1. The van der Waals surface area contributed by atoms with Crippen molar-refractivity contribution in [3.8, 4) is 0 Å². The molecule has 0 bridgehead atoms. The van der Waals surface area contributed by atoms with Crippen molar-refractivity contribution in [2.75, 3.05) is 19.7 Å². The van der Waals surface area contributed by atoms with Crippen LogP contribution in [0.1, 0.15) is 27.2 Å². The molecule has 0 aromatic carbocycles. The lowest BCUT2D eigenvalue weighted by Crippen LogP contribution is -2.52. The van der Waals surface area contributed by atoms with Crippen molar-refractivity contribution >= 4 is 12.0 Å². The van der Waals surface area contributed by atoms with Gasteiger partial charge in [0.2, 0.25) is 0 Å². The van der Waals surface area contributed by atoms with Gasteiger partial charge in [-0.05, 0) is 26.2 Å². The van der Waals surface area contributed by atoms with Crippen LogP contribution in [0, 0.1) is 5.92 Å². The quantitative estimate of drug-likeness (QED) is 0.774. The number of carboxylic acids is 1. The summed E-state index contributed by atoms with van der Waals surface area (Å²) in [6.07, 6.45) is 0.702. The van der Waals surface area contributed by atoms with E-state index >= 15 is 0 Å². The standard InChI is InChI=1S/C12H22N2O4/c1-8(2)13(6-7-15)12(18)14-5-4-9(3)10(14)11(16)17/h8-10,15H,4-7H2,1-3H3,(H,16,17). The van der Waals surface area contributed by atoms with Gasteiger partial charge in [0.15, 0.2) is 0 Å². The molecule has 0 spiro atoms. The third kappa shape index (κ3) is 2.93. The third-order valence-corrected chi connectivity index (χ3v) is 3.41. The first-order chi connectivity index (χ1) is 8.40. The summed E-state index contributed by atoms with van der Waals surface area (Å²) in [6.45, 7) is 6.12. The van der Waals surface area contributed by atoms with Crippen LogP contribution in [0.5, 0.6) is 0 Å². The van der Waals surface area contributed by atoms with E-state index in [0.717, 1.165) is 0 Å². The molecule has 2 atom stereocenters. The van der Waals surface area contributed by atoms with Gasteiger partial charge in [-0.2, -0.15) is 0 Å². The highest BCUT2D eigenvalue weighted by Gasteiger charge is 2.41. The summed E-state index contributed by atoms with van der Waals surface area (Å²) in [7, 11) is 0. The van der Waals surface area contributed by atoms with E-state index in [2.05, 4.69) is 0 Å². The average Bonchev–Trinajstić information content (AvgIpc) is 2.66. The number of nitrogens with zero attached hydrogens (tertiary/aromatic N) is 2. The Labute approximate surface area is 107 Å². The lowest BCUT2D eigenvalue weighted by molar-refractivity contribution is -0.142. The predicted molar refractivity (Wildman–Crippen MR) is 66.2 cm³/mol. The molecule has 1 saturated heterocycles. The van der Waals surface area contributed by atoms with E-state index in [-0.39, 0.29) is 31.1 Å². The normalized spacial score (nSPS) is 23.5. The minimum absolute atomic E-state index is 0.0328. The topological polar surface area (TPSA) is 81.1 Å². The molecule has 0 saturated carbocycles. The smallest absolute Gasteiger partial charge is 0.326 e. The Hall–Kier alpha value is -1.30. The summed E-state index contributed by atoms with van der Waals surface area (Å²) < 4.78 is 0. The molecule has 0 aromatic heterocycles. The number of likely N-dealkylation sites (tertiary alicyclic amines) is 1.